The van der Waals surface area contributed by atoms with Gasteiger partial charge in [0.05, 0.1) is 18.1 Å². The lowest BCUT2D eigenvalue weighted by Gasteiger charge is -2.16. The fourth-order valence-corrected chi connectivity index (χ4v) is 4.56. The molecule has 0 aromatic carbocycles. The maximum absolute atomic E-state index is 11.8. The van der Waals surface area contributed by atoms with Gasteiger partial charge in [0.15, 0.2) is 5.78 Å². The van der Waals surface area contributed by atoms with E-state index in [1.165, 1.54) is 0 Å². The molecule has 8 nitrogen and oxygen atoms in total. The second kappa shape index (κ2) is 8.48. The SMILES string of the molecule is N[C@@H](CCC(=O)O)C(=O)C(=O)CCCC[C@@H]1SC[C@@H]2NC(=O)N[C@@H]21. The van der Waals surface area contributed by atoms with Crippen LogP contribution < -0.4 is 16.4 Å². The van der Waals surface area contributed by atoms with Gasteiger partial charge in [-0.3, -0.25) is 14.4 Å². The second-order valence-electron chi connectivity index (χ2n) is 6.19. The summed E-state index contributed by atoms with van der Waals surface area (Å²) in [6, 6.07) is -0.821. The molecule has 24 heavy (non-hydrogen) atoms. The fraction of sp³-hybridized carbons (Fsp3) is 0.733. The molecule has 0 unspecified atom stereocenters. The predicted molar refractivity (Wildman–Crippen MR) is 88.8 cm³/mol. The Labute approximate surface area is 144 Å². The number of thioether (sulfide) groups is 1. The Kier molecular flexibility index (Phi) is 6.61. The maximum Gasteiger partial charge on any atom is 0.315 e. The van der Waals surface area contributed by atoms with E-state index in [2.05, 4.69) is 10.6 Å². The number of hydrogen-bond acceptors (Lipinski definition) is 6. The molecule has 0 aromatic heterocycles. The van der Waals surface area contributed by atoms with Crippen LogP contribution in [-0.2, 0) is 14.4 Å². The van der Waals surface area contributed by atoms with Crippen molar-refractivity contribution >= 4 is 35.3 Å². The number of ketones is 2. The van der Waals surface area contributed by atoms with E-state index in [4.69, 9.17) is 10.8 Å². The van der Waals surface area contributed by atoms with E-state index in [9.17, 15) is 19.2 Å². The molecule has 9 heteroatoms. The molecule has 2 heterocycles. The van der Waals surface area contributed by atoms with Gasteiger partial charge in [-0.05, 0) is 19.3 Å². The number of fused-ring (bicyclic) bond motifs is 1. The number of nitrogens with one attached hydrogen (secondary N) is 2. The number of unbranched alkanes of at least 4 members (excludes halogenated alkanes) is 1. The number of carbonyl (C=O) groups excluding carboxylic acids is 3. The molecule has 2 fully saturated rings. The number of carboxylic acids is 1. The molecule has 134 valence electrons. The molecule has 0 spiro atoms. The summed E-state index contributed by atoms with van der Waals surface area (Å²) in [7, 11) is 0. The molecule has 2 aliphatic rings. The van der Waals surface area contributed by atoms with Gasteiger partial charge in [0.1, 0.15) is 0 Å². The molecule has 0 aliphatic carbocycles. The van der Waals surface area contributed by atoms with Crippen LogP contribution in [0.15, 0.2) is 0 Å². The summed E-state index contributed by atoms with van der Waals surface area (Å²) in [6.45, 7) is 0. The van der Waals surface area contributed by atoms with Crippen LogP contribution in [0.3, 0.4) is 0 Å². The third kappa shape index (κ3) is 4.94. The van der Waals surface area contributed by atoms with E-state index in [0.29, 0.717) is 11.7 Å². The average Bonchev–Trinajstić information content (AvgIpc) is 3.07. The van der Waals surface area contributed by atoms with Gasteiger partial charge in [-0.15, -0.1) is 0 Å². The standard InChI is InChI=1S/C15H23N3O5S/c16-8(5-6-12(20)21)14(22)10(19)3-1-2-4-11-13-9(7-24-11)17-15(23)18-13/h8-9,11,13H,1-7,16H2,(H,20,21)(H2,17,18,23)/t8-,9-,11-,13-/m0/s1. The Morgan fingerprint density at radius 2 is 2.00 bits per heavy atom. The van der Waals surface area contributed by atoms with Gasteiger partial charge in [0.25, 0.3) is 0 Å². The summed E-state index contributed by atoms with van der Waals surface area (Å²) < 4.78 is 0. The lowest BCUT2D eigenvalue weighted by atomic mass is 9.99. The number of urea groups is 1. The summed E-state index contributed by atoms with van der Waals surface area (Å²) >= 11 is 1.81. The lowest BCUT2D eigenvalue weighted by Crippen LogP contribution is -2.37. The van der Waals surface area contributed by atoms with Crippen LogP contribution in [0.4, 0.5) is 4.79 Å². The number of Topliss-reactive ketones (excluding diaryl/α,β-unsaturated/α-hetero) is 2. The van der Waals surface area contributed by atoms with Gasteiger partial charge in [-0.2, -0.15) is 11.8 Å². The molecule has 2 saturated heterocycles. The monoisotopic (exact) mass is 357 g/mol. The Hall–Kier alpha value is -1.61. The third-order valence-corrected chi connectivity index (χ3v) is 5.87. The zero-order chi connectivity index (χ0) is 17.7. The van der Waals surface area contributed by atoms with Gasteiger partial charge in [0.2, 0.25) is 5.78 Å². The first-order valence-electron chi connectivity index (χ1n) is 8.11. The van der Waals surface area contributed by atoms with Crippen molar-refractivity contribution < 1.29 is 24.3 Å². The maximum atomic E-state index is 11.8. The van der Waals surface area contributed by atoms with E-state index >= 15 is 0 Å². The first kappa shape index (κ1) is 18.7. The molecule has 2 amide bonds. The minimum absolute atomic E-state index is 0.0195. The highest BCUT2D eigenvalue weighted by molar-refractivity contribution is 8.00. The minimum Gasteiger partial charge on any atom is -0.481 e. The number of carbonyl (C=O) groups is 4. The highest BCUT2D eigenvalue weighted by atomic mass is 32.2. The number of carboxylic acid groups (broad SMARTS) is 1. The number of amides is 2. The minimum atomic E-state index is -1.04. The number of nitrogens with two attached hydrogens (primary N) is 1. The first-order chi connectivity index (χ1) is 11.4. The highest BCUT2D eigenvalue weighted by Gasteiger charge is 2.42. The van der Waals surface area contributed by atoms with Crippen LogP contribution in [-0.4, -0.2) is 57.8 Å². The van der Waals surface area contributed by atoms with Crippen molar-refractivity contribution in [2.75, 3.05) is 5.75 Å². The Morgan fingerprint density at radius 1 is 1.25 bits per heavy atom. The molecule has 2 aliphatic heterocycles. The van der Waals surface area contributed by atoms with Crippen molar-refractivity contribution in [3.63, 3.8) is 0 Å². The Morgan fingerprint density at radius 3 is 2.71 bits per heavy atom. The van der Waals surface area contributed by atoms with E-state index in [-0.39, 0.29) is 37.4 Å². The number of rotatable bonds is 10. The fourth-order valence-electron chi connectivity index (χ4n) is 3.01. The van der Waals surface area contributed by atoms with Crippen molar-refractivity contribution in [3.05, 3.63) is 0 Å². The van der Waals surface area contributed by atoms with Crippen LogP contribution in [0.5, 0.6) is 0 Å². The van der Waals surface area contributed by atoms with Crippen LogP contribution in [0.1, 0.15) is 38.5 Å². The average molecular weight is 357 g/mol. The lowest BCUT2D eigenvalue weighted by molar-refractivity contribution is -0.139. The molecule has 0 radical (unpaired) electrons. The van der Waals surface area contributed by atoms with E-state index < -0.39 is 23.6 Å². The normalized spacial score (nSPS) is 26.4. The Balaban J connectivity index is 1.63. The zero-order valence-corrected chi connectivity index (χ0v) is 14.1. The molecular formula is C15H23N3O5S. The molecule has 5 N–H and O–H groups in total. The van der Waals surface area contributed by atoms with Crippen molar-refractivity contribution in [2.24, 2.45) is 5.73 Å². The zero-order valence-electron chi connectivity index (χ0n) is 13.3. The predicted octanol–water partition coefficient (Wildman–Crippen LogP) is 0.0425. The van der Waals surface area contributed by atoms with Gasteiger partial charge >= 0.3 is 12.0 Å². The summed E-state index contributed by atoms with van der Waals surface area (Å²) in [5.41, 5.74) is 5.56. The topological polar surface area (TPSA) is 139 Å². The third-order valence-electron chi connectivity index (χ3n) is 4.36. The summed E-state index contributed by atoms with van der Waals surface area (Å²) in [5.74, 6) is -1.35. The quantitative estimate of drug-likeness (QED) is 0.246. The van der Waals surface area contributed by atoms with Gasteiger partial charge < -0.3 is 21.5 Å². The van der Waals surface area contributed by atoms with Crippen LogP contribution in [0.25, 0.3) is 0 Å². The van der Waals surface area contributed by atoms with Crippen LogP contribution in [0, 0.1) is 0 Å². The summed E-state index contributed by atoms with van der Waals surface area (Å²) in [6.07, 6.45) is 2.15. The van der Waals surface area contributed by atoms with Crippen LogP contribution in [0.2, 0.25) is 0 Å². The largest absolute Gasteiger partial charge is 0.481 e. The molecule has 2 rings (SSSR count). The Bertz CT molecular complexity index is 527. The molecule has 0 aromatic rings. The van der Waals surface area contributed by atoms with Crippen molar-refractivity contribution in [1.82, 2.24) is 10.6 Å². The highest BCUT2D eigenvalue weighted by Crippen LogP contribution is 2.33. The summed E-state index contributed by atoms with van der Waals surface area (Å²) in [4.78, 5) is 45.3. The van der Waals surface area contributed by atoms with Crippen molar-refractivity contribution in [2.45, 2.75) is 61.9 Å². The summed E-state index contributed by atoms with van der Waals surface area (Å²) in [5, 5.41) is 14.7. The molecular weight excluding hydrogens is 334 g/mol. The van der Waals surface area contributed by atoms with Crippen molar-refractivity contribution in [3.8, 4) is 0 Å². The van der Waals surface area contributed by atoms with Crippen molar-refractivity contribution in [1.29, 1.82) is 0 Å². The number of aliphatic carboxylic acids is 1. The van der Waals surface area contributed by atoms with E-state index in [0.717, 1.165) is 18.6 Å². The molecule has 4 atom stereocenters. The van der Waals surface area contributed by atoms with Gasteiger partial charge in [-0.25, -0.2) is 4.79 Å². The molecule has 0 saturated carbocycles. The number of hydrogen-bond donors (Lipinski definition) is 4. The van der Waals surface area contributed by atoms with Crippen LogP contribution >= 0.6 is 11.8 Å². The smallest absolute Gasteiger partial charge is 0.315 e. The van der Waals surface area contributed by atoms with E-state index in [1.54, 1.807) is 0 Å². The molecule has 0 bridgehead atoms. The first-order valence-corrected chi connectivity index (χ1v) is 9.16. The second-order valence-corrected chi connectivity index (χ2v) is 7.47. The van der Waals surface area contributed by atoms with E-state index in [1.807, 2.05) is 11.8 Å². The van der Waals surface area contributed by atoms with Gasteiger partial charge in [0, 0.05) is 23.8 Å². The van der Waals surface area contributed by atoms with Gasteiger partial charge in [-0.1, -0.05) is 6.42 Å².